The van der Waals surface area contributed by atoms with E-state index in [9.17, 15) is 18.0 Å². The molecule has 3 aromatic heterocycles. The topological polar surface area (TPSA) is 108 Å². The summed E-state index contributed by atoms with van der Waals surface area (Å²) < 4.78 is 50.6. The zero-order chi connectivity index (χ0) is 23.2. The molecule has 5 rings (SSSR count). The molecule has 0 fully saturated rings. The lowest BCUT2D eigenvalue weighted by Crippen LogP contribution is -2.12. The smallest absolute Gasteiger partial charge is 0.417 e. The summed E-state index contributed by atoms with van der Waals surface area (Å²) in [4.78, 5) is 20.0. The summed E-state index contributed by atoms with van der Waals surface area (Å²) in [7, 11) is 1.68. The highest BCUT2D eigenvalue weighted by molar-refractivity contribution is 5.99. The van der Waals surface area contributed by atoms with Crippen LogP contribution in [-0.4, -0.2) is 30.8 Å². The molecule has 1 aliphatic rings. The van der Waals surface area contributed by atoms with Gasteiger partial charge in [0.25, 0.3) is 11.8 Å². The second-order valence-corrected chi connectivity index (χ2v) is 7.28. The SMILES string of the molecule is Cn1ncc(-c2nc(-c3ccc4c(c3)C(=O)NC4)no2)c1COc1ccc(C(F)(F)F)cn1. The van der Waals surface area contributed by atoms with E-state index >= 15 is 0 Å². The van der Waals surface area contributed by atoms with E-state index in [1.807, 2.05) is 6.07 Å². The van der Waals surface area contributed by atoms with E-state index < -0.39 is 11.7 Å². The van der Waals surface area contributed by atoms with Crippen molar-refractivity contribution in [2.45, 2.75) is 19.3 Å². The fourth-order valence-electron chi connectivity index (χ4n) is 3.39. The monoisotopic (exact) mass is 456 g/mol. The van der Waals surface area contributed by atoms with Crippen molar-refractivity contribution in [3.8, 4) is 28.7 Å². The molecule has 0 bridgehead atoms. The Labute approximate surface area is 184 Å². The minimum Gasteiger partial charge on any atom is -0.471 e. The Hall–Kier alpha value is -4.22. The number of ether oxygens (including phenoxy) is 1. The van der Waals surface area contributed by atoms with E-state index in [2.05, 4.69) is 25.5 Å². The first-order valence-electron chi connectivity index (χ1n) is 9.72. The number of benzene rings is 1. The molecule has 12 heteroatoms. The molecule has 0 radical (unpaired) electrons. The van der Waals surface area contributed by atoms with Crippen LogP contribution in [0, 0.1) is 0 Å². The molecular formula is C21H15F3N6O3. The van der Waals surface area contributed by atoms with E-state index in [0.29, 0.717) is 41.0 Å². The Morgan fingerprint density at radius 2 is 2.03 bits per heavy atom. The quantitative estimate of drug-likeness (QED) is 0.491. The Kier molecular flexibility index (Phi) is 4.84. The van der Waals surface area contributed by atoms with Gasteiger partial charge in [0.15, 0.2) is 0 Å². The third kappa shape index (κ3) is 3.90. The molecule has 1 aliphatic heterocycles. The number of aromatic nitrogens is 5. The fraction of sp³-hybridized carbons (Fsp3) is 0.190. The number of halogens is 3. The molecule has 0 aliphatic carbocycles. The molecule has 9 nitrogen and oxygen atoms in total. The first-order valence-corrected chi connectivity index (χ1v) is 9.72. The number of carbonyl (C=O) groups is 1. The predicted octanol–water partition coefficient (Wildman–Crippen LogP) is 3.37. The highest BCUT2D eigenvalue weighted by Crippen LogP contribution is 2.30. The zero-order valence-corrected chi connectivity index (χ0v) is 17.1. The summed E-state index contributed by atoms with van der Waals surface area (Å²) in [6.07, 6.45) is -2.24. The van der Waals surface area contributed by atoms with Crippen LogP contribution in [0.25, 0.3) is 22.8 Å². The van der Waals surface area contributed by atoms with Crippen molar-refractivity contribution in [3.63, 3.8) is 0 Å². The summed E-state index contributed by atoms with van der Waals surface area (Å²) in [6.45, 7) is 0.444. The highest BCUT2D eigenvalue weighted by Gasteiger charge is 2.30. The van der Waals surface area contributed by atoms with Gasteiger partial charge >= 0.3 is 6.18 Å². The van der Waals surface area contributed by atoms with Crippen LogP contribution >= 0.6 is 0 Å². The first kappa shape index (κ1) is 20.7. The first-order chi connectivity index (χ1) is 15.8. The second-order valence-electron chi connectivity index (χ2n) is 7.28. The number of nitrogens with zero attached hydrogens (tertiary/aromatic N) is 5. The van der Waals surface area contributed by atoms with Crippen molar-refractivity contribution in [1.29, 1.82) is 0 Å². The lowest BCUT2D eigenvalue weighted by molar-refractivity contribution is -0.137. The van der Waals surface area contributed by atoms with E-state index in [-0.39, 0.29) is 24.3 Å². The fourth-order valence-corrected chi connectivity index (χ4v) is 3.39. The van der Waals surface area contributed by atoms with Gasteiger partial charge in [0, 0.05) is 37.0 Å². The van der Waals surface area contributed by atoms with Crippen molar-refractivity contribution in [2.75, 3.05) is 0 Å². The maximum atomic E-state index is 12.7. The van der Waals surface area contributed by atoms with Crippen LogP contribution in [0.4, 0.5) is 13.2 Å². The Morgan fingerprint density at radius 1 is 1.18 bits per heavy atom. The number of nitrogens with one attached hydrogen (secondary N) is 1. The summed E-state index contributed by atoms with van der Waals surface area (Å²) in [5.41, 5.74) is 2.28. The number of alkyl halides is 3. The van der Waals surface area contributed by atoms with Gasteiger partial charge in [0.2, 0.25) is 11.7 Å². The Morgan fingerprint density at radius 3 is 2.79 bits per heavy atom. The maximum Gasteiger partial charge on any atom is 0.417 e. The van der Waals surface area contributed by atoms with E-state index in [0.717, 1.165) is 17.7 Å². The average molecular weight is 456 g/mol. The number of aryl methyl sites for hydroxylation is 1. The molecular weight excluding hydrogens is 441 g/mol. The van der Waals surface area contributed by atoms with Gasteiger partial charge < -0.3 is 14.6 Å². The van der Waals surface area contributed by atoms with E-state index in [4.69, 9.17) is 9.26 Å². The molecule has 0 unspecified atom stereocenters. The van der Waals surface area contributed by atoms with E-state index in [1.54, 1.807) is 19.2 Å². The van der Waals surface area contributed by atoms with Crippen molar-refractivity contribution in [2.24, 2.45) is 7.05 Å². The number of carbonyl (C=O) groups excluding carboxylic acids is 1. The lowest BCUT2D eigenvalue weighted by Gasteiger charge is -2.09. The largest absolute Gasteiger partial charge is 0.471 e. The molecule has 0 atom stereocenters. The van der Waals surface area contributed by atoms with Gasteiger partial charge in [-0.25, -0.2) is 4.98 Å². The molecule has 1 aromatic carbocycles. The molecule has 1 N–H and O–H groups in total. The van der Waals surface area contributed by atoms with Gasteiger partial charge in [-0.05, 0) is 17.7 Å². The zero-order valence-electron chi connectivity index (χ0n) is 17.1. The number of rotatable bonds is 5. The van der Waals surface area contributed by atoms with Crippen molar-refractivity contribution >= 4 is 5.91 Å². The van der Waals surface area contributed by atoms with E-state index in [1.165, 1.54) is 10.9 Å². The number of amides is 1. The summed E-state index contributed by atoms with van der Waals surface area (Å²) in [5.74, 6) is 0.353. The van der Waals surface area contributed by atoms with Gasteiger partial charge in [-0.3, -0.25) is 9.48 Å². The molecule has 33 heavy (non-hydrogen) atoms. The third-order valence-corrected chi connectivity index (χ3v) is 5.19. The summed E-state index contributed by atoms with van der Waals surface area (Å²) in [6, 6.07) is 7.38. The minimum absolute atomic E-state index is 0.0257. The van der Waals surface area contributed by atoms with Crippen LogP contribution in [0.5, 0.6) is 5.88 Å². The van der Waals surface area contributed by atoms with Gasteiger partial charge in [-0.1, -0.05) is 17.3 Å². The second kappa shape index (κ2) is 7.73. The number of hydrogen-bond acceptors (Lipinski definition) is 7. The highest BCUT2D eigenvalue weighted by atomic mass is 19.4. The van der Waals surface area contributed by atoms with Crippen LogP contribution < -0.4 is 10.1 Å². The molecule has 0 saturated heterocycles. The number of fused-ring (bicyclic) bond motifs is 1. The van der Waals surface area contributed by atoms with Crippen LogP contribution in [0.3, 0.4) is 0 Å². The van der Waals surface area contributed by atoms with Crippen LogP contribution in [0.2, 0.25) is 0 Å². The summed E-state index contributed by atoms with van der Waals surface area (Å²) in [5, 5.41) is 10.9. The molecule has 1 amide bonds. The Balaban J connectivity index is 1.36. The van der Waals surface area contributed by atoms with Gasteiger partial charge in [-0.15, -0.1) is 0 Å². The van der Waals surface area contributed by atoms with Crippen molar-refractivity contribution in [1.82, 2.24) is 30.2 Å². The van der Waals surface area contributed by atoms with Gasteiger partial charge in [0.1, 0.15) is 6.61 Å². The number of pyridine rings is 1. The molecule has 4 heterocycles. The third-order valence-electron chi connectivity index (χ3n) is 5.19. The van der Waals surface area contributed by atoms with Gasteiger partial charge in [-0.2, -0.15) is 23.3 Å². The van der Waals surface area contributed by atoms with Crippen LogP contribution in [0.15, 0.2) is 47.2 Å². The van der Waals surface area contributed by atoms with Crippen molar-refractivity contribution in [3.05, 3.63) is 65.1 Å². The molecule has 168 valence electrons. The molecule has 0 saturated carbocycles. The van der Waals surface area contributed by atoms with Crippen LogP contribution in [0.1, 0.15) is 27.2 Å². The van der Waals surface area contributed by atoms with Crippen LogP contribution in [-0.2, 0) is 26.4 Å². The van der Waals surface area contributed by atoms with Gasteiger partial charge in [0.05, 0.1) is 23.0 Å². The minimum atomic E-state index is -4.47. The molecule has 0 spiro atoms. The standard InChI is InChI=1S/C21H15F3N6O3/c1-30-16(10-32-17-5-4-13(8-25-17)21(22,23)24)15(9-27-30)20-28-18(29-33-20)11-2-3-12-7-26-19(31)14(12)6-11/h2-6,8-9H,7,10H2,1H3,(H,26,31). The lowest BCUT2D eigenvalue weighted by atomic mass is 10.1. The average Bonchev–Trinajstić information content (AvgIpc) is 3.51. The Bertz CT molecular complexity index is 1340. The summed E-state index contributed by atoms with van der Waals surface area (Å²) >= 11 is 0. The maximum absolute atomic E-state index is 12.7. The predicted molar refractivity (Wildman–Crippen MR) is 107 cm³/mol. The normalized spacial score (nSPS) is 13.2. The van der Waals surface area contributed by atoms with Crippen molar-refractivity contribution < 1.29 is 27.2 Å². The molecule has 4 aromatic rings. The number of hydrogen-bond donors (Lipinski definition) is 1.